The Labute approximate surface area is 142 Å². The molecule has 1 aromatic heterocycles. The number of hydrogen-bond acceptors (Lipinski definition) is 4. The van der Waals surface area contributed by atoms with Gasteiger partial charge in [0.05, 0.1) is 13.7 Å². The van der Waals surface area contributed by atoms with Crippen molar-refractivity contribution in [2.75, 3.05) is 20.2 Å². The molecule has 0 aliphatic heterocycles. The summed E-state index contributed by atoms with van der Waals surface area (Å²) in [6.45, 7) is 3.87. The number of guanidine groups is 1. The molecule has 0 aliphatic carbocycles. The van der Waals surface area contributed by atoms with E-state index in [1.807, 2.05) is 37.3 Å². The van der Waals surface area contributed by atoms with E-state index in [1.54, 1.807) is 12.3 Å². The van der Waals surface area contributed by atoms with Crippen LogP contribution in [0.15, 0.2) is 47.6 Å². The summed E-state index contributed by atoms with van der Waals surface area (Å²) in [6.07, 6.45) is 2.61. The number of para-hydroxylation sites is 1. The summed E-state index contributed by atoms with van der Waals surface area (Å²) in [7, 11) is 1.53. The number of nitrogens with zero attached hydrogens (tertiary/aromatic N) is 2. The fourth-order valence-corrected chi connectivity index (χ4v) is 2.22. The Morgan fingerprint density at radius 1 is 1.21 bits per heavy atom. The van der Waals surface area contributed by atoms with Crippen LogP contribution in [-0.4, -0.2) is 36.2 Å². The molecule has 128 valence electrons. The minimum absolute atomic E-state index is 0.132. The highest BCUT2D eigenvalue weighted by atomic mass is 16.5. The molecule has 24 heavy (non-hydrogen) atoms. The molecular weight excluding hydrogens is 304 g/mol. The highest BCUT2D eigenvalue weighted by Gasteiger charge is 2.07. The molecule has 2 rings (SSSR count). The lowest BCUT2D eigenvalue weighted by atomic mass is 10.2. The fraction of sp³-hybridized carbons (Fsp3) is 0.333. The number of ether oxygens (including phenoxy) is 1. The Balaban J connectivity index is 1.95. The second-order valence-corrected chi connectivity index (χ2v) is 5.16. The number of phenols is 1. The Morgan fingerprint density at radius 2 is 2.08 bits per heavy atom. The van der Waals surface area contributed by atoms with Crippen molar-refractivity contribution in [3.8, 4) is 11.5 Å². The number of hydrogen-bond donors (Lipinski definition) is 3. The molecule has 0 fully saturated rings. The van der Waals surface area contributed by atoms with Crippen LogP contribution in [0.25, 0.3) is 0 Å². The van der Waals surface area contributed by atoms with Gasteiger partial charge in [-0.3, -0.25) is 4.98 Å². The van der Waals surface area contributed by atoms with Crippen LogP contribution in [0, 0.1) is 0 Å². The van der Waals surface area contributed by atoms with Gasteiger partial charge in [-0.1, -0.05) is 18.2 Å². The molecule has 6 nitrogen and oxygen atoms in total. The van der Waals surface area contributed by atoms with Gasteiger partial charge in [-0.05, 0) is 25.1 Å². The van der Waals surface area contributed by atoms with E-state index in [1.165, 1.54) is 7.11 Å². The van der Waals surface area contributed by atoms with E-state index in [-0.39, 0.29) is 5.75 Å². The highest BCUT2D eigenvalue weighted by Crippen LogP contribution is 2.29. The SMILES string of the molecule is CCNC(=NCc1cccc(OC)c1O)NCCc1ccccn1. The maximum absolute atomic E-state index is 10.1. The Kier molecular flexibility index (Phi) is 6.89. The van der Waals surface area contributed by atoms with Crippen LogP contribution < -0.4 is 15.4 Å². The number of pyridine rings is 1. The molecule has 3 N–H and O–H groups in total. The van der Waals surface area contributed by atoms with Crippen molar-refractivity contribution in [3.05, 3.63) is 53.9 Å². The number of benzene rings is 1. The molecule has 0 bridgehead atoms. The van der Waals surface area contributed by atoms with Gasteiger partial charge in [0.25, 0.3) is 0 Å². The maximum Gasteiger partial charge on any atom is 0.191 e. The number of aromatic nitrogens is 1. The van der Waals surface area contributed by atoms with E-state index in [2.05, 4.69) is 20.6 Å². The summed E-state index contributed by atoms with van der Waals surface area (Å²) in [4.78, 5) is 8.81. The van der Waals surface area contributed by atoms with Crippen molar-refractivity contribution in [2.45, 2.75) is 19.9 Å². The second-order valence-electron chi connectivity index (χ2n) is 5.16. The predicted octanol–water partition coefficient (Wildman–Crippen LogP) is 2.09. The van der Waals surface area contributed by atoms with Gasteiger partial charge in [-0.25, -0.2) is 4.99 Å². The third kappa shape index (κ3) is 5.15. The lowest BCUT2D eigenvalue weighted by molar-refractivity contribution is 0.370. The van der Waals surface area contributed by atoms with Gasteiger partial charge < -0.3 is 20.5 Å². The van der Waals surface area contributed by atoms with Crippen LogP contribution in [0.3, 0.4) is 0 Å². The number of aromatic hydroxyl groups is 1. The van der Waals surface area contributed by atoms with E-state index in [4.69, 9.17) is 4.74 Å². The largest absolute Gasteiger partial charge is 0.504 e. The average Bonchev–Trinajstić information content (AvgIpc) is 2.61. The molecule has 6 heteroatoms. The molecule has 2 aromatic rings. The van der Waals surface area contributed by atoms with Crippen molar-refractivity contribution < 1.29 is 9.84 Å². The van der Waals surface area contributed by atoms with Crippen molar-refractivity contribution in [2.24, 2.45) is 4.99 Å². The first-order valence-electron chi connectivity index (χ1n) is 8.01. The van der Waals surface area contributed by atoms with Crippen LogP contribution in [-0.2, 0) is 13.0 Å². The van der Waals surface area contributed by atoms with Gasteiger partial charge in [0, 0.05) is 37.0 Å². The zero-order valence-corrected chi connectivity index (χ0v) is 14.1. The third-order valence-corrected chi connectivity index (χ3v) is 3.45. The minimum Gasteiger partial charge on any atom is -0.504 e. The molecule has 1 heterocycles. The predicted molar refractivity (Wildman–Crippen MR) is 95.4 cm³/mol. The summed E-state index contributed by atoms with van der Waals surface area (Å²) >= 11 is 0. The van der Waals surface area contributed by atoms with E-state index < -0.39 is 0 Å². The average molecular weight is 328 g/mol. The zero-order valence-electron chi connectivity index (χ0n) is 14.1. The molecule has 0 unspecified atom stereocenters. The van der Waals surface area contributed by atoms with Crippen LogP contribution in [0.2, 0.25) is 0 Å². The molecule has 0 amide bonds. The molecule has 0 atom stereocenters. The summed E-state index contributed by atoms with van der Waals surface area (Å²) < 4.78 is 5.12. The number of nitrogens with one attached hydrogen (secondary N) is 2. The highest BCUT2D eigenvalue weighted by molar-refractivity contribution is 5.79. The van der Waals surface area contributed by atoms with Gasteiger partial charge in [-0.15, -0.1) is 0 Å². The first-order valence-corrected chi connectivity index (χ1v) is 8.01. The summed E-state index contributed by atoms with van der Waals surface area (Å²) in [5.41, 5.74) is 1.75. The number of aliphatic imine (C=N–C) groups is 1. The first-order chi connectivity index (χ1) is 11.7. The number of methoxy groups -OCH3 is 1. The molecule has 1 aromatic carbocycles. The number of phenolic OH excluding ortho intramolecular Hbond substituents is 1. The number of rotatable bonds is 7. The van der Waals surface area contributed by atoms with Crippen molar-refractivity contribution in [3.63, 3.8) is 0 Å². The standard InChI is InChI=1S/C18H24N4O2/c1-3-19-18(21-12-10-15-8-4-5-11-20-15)22-13-14-7-6-9-16(24-2)17(14)23/h4-9,11,23H,3,10,12-13H2,1-2H3,(H2,19,21,22). The Morgan fingerprint density at radius 3 is 2.79 bits per heavy atom. The lowest BCUT2D eigenvalue weighted by Gasteiger charge is -2.12. The van der Waals surface area contributed by atoms with E-state index in [9.17, 15) is 5.11 Å². The van der Waals surface area contributed by atoms with E-state index in [0.717, 1.165) is 30.8 Å². The van der Waals surface area contributed by atoms with Crippen molar-refractivity contribution in [1.29, 1.82) is 0 Å². The third-order valence-electron chi connectivity index (χ3n) is 3.45. The Bertz CT molecular complexity index is 659. The quantitative estimate of drug-likeness (QED) is 0.536. The van der Waals surface area contributed by atoms with Crippen LogP contribution in [0.4, 0.5) is 0 Å². The summed E-state index contributed by atoms with van der Waals surface area (Å²) in [5.74, 6) is 1.29. The monoisotopic (exact) mass is 328 g/mol. The molecule has 0 saturated carbocycles. The van der Waals surface area contributed by atoms with Crippen LogP contribution >= 0.6 is 0 Å². The molecule has 0 aliphatic rings. The van der Waals surface area contributed by atoms with Gasteiger partial charge in [0.15, 0.2) is 17.5 Å². The lowest BCUT2D eigenvalue weighted by Crippen LogP contribution is -2.38. The molecule has 0 saturated heterocycles. The first kappa shape index (κ1) is 17.6. The molecular formula is C18H24N4O2. The van der Waals surface area contributed by atoms with E-state index in [0.29, 0.717) is 18.3 Å². The smallest absolute Gasteiger partial charge is 0.191 e. The van der Waals surface area contributed by atoms with Gasteiger partial charge >= 0.3 is 0 Å². The zero-order chi connectivity index (χ0) is 17.2. The summed E-state index contributed by atoms with van der Waals surface area (Å²) in [6, 6.07) is 11.3. The van der Waals surface area contributed by atoms with Crippen LogP contribution in [0.5, 0.6) is 11.5 Å². The summed E-state index contributed by atoms with van der Waals surface area (Å²) in [5, 5.41) is 16.6. The maximum atomic E-state index is 10.1. The van der Waals surface area contributed by atoms with Gasteiger partial charge in [-0.2, -0.15) is 0 Å². The molecule has 0 spiro atoms. The molecule has 0 radical (unpaired) electrons. The van der Waals surface area contributed by atoms with Crippen LogP contribution in [0.1, 0.15) is 18.2 Å². The fourth-order valence-electron chi connectivity index (χ4n) is 2.22. The van der Waals surface area contributed by atoms with Crippen molar-refractivity contribution >= 4 is 5.96 Å². The normalized spacial score (nSPS) is 11.2. The van der Waals surface area contributed by atoms with Gasteiger partial charge in [0.2, 0.25) is 0 Å². The second kappa shape index (κ2) is 9.39. The van der Waals surface area contributed by atoms with E-state index >= 15 is 0 Å². The van der Waals surface area contributed by atoms with Gasteiger partial charge in [0.1, 0.15) is 0 Å². The Hall–Kier alpha value is -2.76. The van der Waals surface area contributed by atoms with Crippen molar-refractivity contribution in [1.82, 2.24) is 15.6 Å². The minimum atomic E-state index is 0.132. The topological polar surface area (TPSA) is 78.8 Å².